The maximum atomic E-state index is 12.1. The number of carbonyl (C=O) groups excluding carboxylic acids is 1. The lowest BCUT2D eigenvalue weighted by Crippen LogP contribution is -2.24. The Kier molecular flexibility index (Phi) is 4.29. The average Bonchev–Trinajstić information content (AvgIpc) is 2.86. The molecule has 0 radical (unpaired) electrons. The highest BCUT2D eigenvalue weighted by molar-refractivity contribution is 6.02. The molecule has 0 aliphatic heterocycles. The molecular formula is C13H17N5O2. The Labute approximate surface area is 117 Å². The quantitative estimate of drug-likeness (QED) is 0.896. The predicted octanol–water partition coefficient (Wildman–Crippen LogP) is 1.87. The molecule has 0 unspecified atom stereocenters. The molecule has 2 aromatic heterocycles. The van der Waals surface area contributed by atoms with E-state index in [9.17, 15) is 4.79 Å². The molecule has 7 nitrogen and oxygen atoms in total. The van der Waals surface area contributed by atoms with Gasteiger partial charge in [0.15, 0.2) is 5.82 Å². The molecular weight excluding hydrogens is 258 g/mol. The van der Waals surface area contributed by atoms with E-state index in [1.807, 2.05) is 18.7 Å². The molecule has 2 aromatic rings. The second-order valence-electron chi connectivity index (χ2n) is 4.21. The fraction of sp³-hybridized carbons (Fsp3) is 0.385. The van der Waals surface area contributed by atoms with E-state index in [0.717, 1.165) is 18.9 Å². The zero-order valence-corrected chi connectivity index (χ0v) is 11.8. The van der Waals surface area contributed by atoms with Gasteiger partial charge in [0.1, 0.15) is 23.6 Å². The maximum Gasteiger partial charge on any atom is 0.275 e. The normalized spacial score (nSPS) is 10.3. The molecule has 0 aliphatic rings. The largest absolute Gasteiger partial charge is 0.360 e. The number of amides is 1. The summed E-state index contributed by atoms with van der Waals surface area (Å²) in [7, 11) is 0. The van der Waals surface area contributed by atoms with Gasteiger partial charge in [-0.3, -0.25) is 4.79 Å². The van der Waals surface area contributed by atoms with Gasteiger partial charge in [-0.15, -0.1) is 0 Å². The van der Waals surface area contributed by atoms with Crippen LogP contribution in [0.15, 0.2) is 23.0 Å². The number of hydrogen-bond donors (Lipinski definition) is 1. The molecule has 0 aliphatic carbocycles. The first-order valence-corrected chi connectivity index (χ1v) is 6.45. The van der Waals surface area contributed by atoms with Crippen LogP contribution >= 0.6 is 0 Å². The summed E-state index contributed by atoms with van der Waals surface area (Å²) < 4.78 is 4.89. The molecule has 2 rings (SSSR count). The Morgan fingerprint density at radius 3 is 2.65 bits per heavy atom. The predicted molar refractivity (Wildman–Crippen MR) is 74.8 cm³/mol. The van der Waals surface area contributed by atoms with Crippen molar-refractivity contribution in [1.82, 2.24) is 15.1 Å². The second kappa shape index (κ2) is 6.14. The van der Waals surface area contributed by atoms with E-state index >= 15 is 0 Å². The maximum absolute atomic E-state index is 12.1. The minimum Gasteiger partial charge on any atom is -0.360 e. The number of carbonyl (C=O) groups is 1. The molecule has 0 aromatic carbocycles. The lowest BCUT2D eigenvalue weighted by atomic mass is 10.3. The van der Waals surface area contributed by atoms with Crippen LogP contribution in [0.5, 0.6) is 0 Å². The minimum absolute atomic E-state index is 0.294. The van der Waals surface area contributed by atoms with Crippen LogP contribution in [0.25, 0.3) is 0 Å². The van der Waals surface area contributed by atoms with Crippen molar-refractivity contribution in [3.63, 3.8) is 0 Å². The molecule has 0 bridgehead atoms. The van der Waals surface area contributed by atoms with Crippen molar-refractivity contribution in [2.45, 2.75) is 20.8 Å². The fourth-order valence-corrected chi connectivity index (χ4v) is 1.80. The first kappa shape index (κ1) is 14.0. The Hall–Kier alpha value is -2.44. The number of nitrogens with one attached hydrogen (secondary N) is 1. The molecule has 0 saturated heterocycles. The van der Waals surface area contributed by atoms with E-state index in [1.165, 1.54) is 6.33 Å². The highest BCUT2D eigenvalue weighted by Gasteiger charge is 2.13. The summed E-state index contributed by atoms with van der Waals surface area (Å²) in [6.07, 6.45) is 1.39. The summed E-state index contributed by atoms with van der Waals surface area (Å²) in [5, 5.41) is 6.34. The lowest BCUT2D eigenvalue weighted by molar-refractivity contribution is 0.102. The molecule has 0 spiro atoms. The zero-order chi connectivity index (χ0) is 14.5. The Balaban J connectivity index is 2.15. The van der Waals surface area contributed by atoms with Crippen molar-refractivity contribution in [3.05, 3.63) is 29.9 Å². The number of rotatable bonds is 5. The van der Waals surface area contributed by atoms with Crippen LogP contribution in [0.4, 0.5) is 11.6 Å². The highest BCUT2D eigenvalue weighted by Crippen LogP contribution is 2.12. The monoisotopic (exact) mass is 275 g/mol. The van der Waals surface area contributed by atoms with Crippen molar-refractivity contribution in [2.24, 2.45) is 0 Å². The molecule has 0 atom stereocenters. The van der Waals surface area contributed by atoms with Crippen LogP contribution in [-0.2, 0) is 0 Å². The van der Waals surface area contributed by atoms with Crippen LogP contribution in [0.1, 0.15) is 30.1 Å². The van der Waals surface area contributed by atoms with Gasteiger partial charge >= 0.3 is 0 Å². The van der Waals surface area contributed by atoms with Gasteiger partial charge in [0.2, 0.25) is 0 Å². The SMILES string of the molecule is CCN(CC)c1cc(C(=O)Nc2cc(C)on2)ncn1. The van der Waals surface area contributed by atoms with E-state index in [-0.39, 0.29) is 5.91 Å². The molecule has 1 amide bonds. The van der Waals surface area contributed by atoms with E-state index in [1.54, 1.807) is 19.1 Å². The molecule has 7 heteroatoms. The second-order valence-corrected chi connectivity index (χ2v) is 4.21. The summed E-state index contributed by atoms with van der Waals surface area (Å²) in [5.74, 6) is 1.39. The number of aryl methyl sites for hydroxylation is 1. The van der Waals surface area contributed by atoms with Crippen LogP contribution in [0.3, 0.4) is 0 Å². The fourth-order valence-electron chi connectivity index (χ4n) is 1.80. The van der Waals surface area contributed by atoms with E-state index in [4.69, 9.17) is 4.52 Å². The Morgan fingerprint density at radius 2 is 2.05 bits per heavy atom. The first-order valence-electron chi connectivity index (χ1n) is 6.45. The minimum atomic E-state index is -0.339. The van der Waals surface area contributed by atoms with Crippen molar-refractivity contribution < 1.29 is 9.32 Å². The topological polar surface area (TPSA) is 84.2 Å². The third-order valence-electron chi connectivity index (χ3n) is 2.84. The molecule has 20 heavy (non-hydrogen) atoms. The van der Waals surface area contributed by atoms with Crippen LogP contribution in [0, 0.1) is 6.92 Å². The van der Waals surface area contributed by atoms with Crippen LogP contribution in [-0.4, -0.2) is 34.1 Å². The standard InChI is InChI=1S/C13H17N5O2/c1-4-18(5-2)12-7-10(14-8-15-12)13(19)16-11-6-9(3)20-17-11/h6-8H,4-5H2,1-3H3,(H,16,17,19). The number of nitrogens with zero attached hydrogens (tertiary/aromatic N) is 4. The van der Waals surface area contributed by atoms with Crippen molar-refractivity contribution in [2.75, 3.05) is 23.3 Å². The number of aromatic nitrogens is 3. The smallest absolute Gasteiger partial charge is 0.275 e. The summed E-state index contributed by atoms with van der Waals surface area (Å²) in [6.45, 7) is 7.45. The van der Waals surface area contributed by atoms with Gasteiger partial charge in [-0.05, 0) is 20.8 Å². The zero-order valence-electron chi connectivity index (χ0n) is 11.8. The summed E-state index contributed by atoms with van der Waals surface area (Å²) in [4.78, 5) is 22.3. The van der Waals surface area contributed by atoms with Crippen LogP contribution < -0.4 is 10.2 Å². The third-order valence-corrected chi connectivity index (χ3v) is 2.84. The molecule has 0 fully saturated rings. The van der Waals surface area contributed by atoms with Crippen molar-refractivity contribution in [1.29, 1.82) is 0 Å². The van der Waals surface area contributed by atoms with E-state index < -0.39 is 0 Å². The van der Waals surface area contributed by atoms with Gasteiger partial charge in [0.05, 0.1) is 0 Å². The highest BCUT2D eigenvalue weighted by atomic mass is 16.5. The first-order chi connectivity index (χ1) is 9.63. The molecule has 2 heterocycles. The van der Waals surface area contributed by atoms with E-state index in [2.05, 4.69) is 20.4 Å². The van der Waals surface area contributed by atoms with Gasteiger partial charge in [-0.25, -0.2) is 9.97 Å². The van der Waals surface area contributed by atoms with Crippen molar-refractivity contribution in [3.8, 4) is 0 Å². The third kappa shape index (κ3) is 3.11. The molecule has 106 valence electrons. The van der Waals surface area contributed by atoms with Gasteiger partial charge in [-0.1, -0.05) is 5.16 Å². The van der Waals surface area contributed by atoms with Gasteiger partial charge < -0.3 is 14.7 Å². The Morgan fingerprint density at radius 1 is 1.30 bits per heavy atom. The summed E-state index contributed by atoms with van der Waals surface area (Å²) >= 11 is 0. The van der Waals surface area contributed by atoms with Gasteiger partial charge in [0.25, 0.3) is 5.91 Å². The number of hydrogen-bond acceptors (Lipinski definition) is 6. The summed E-state index contributed by atoms with van der Waals surface area (Å²) in [5.41, 5.74) is 0.294. The lowest BCUT2D eigenvalue weighted by Gasteiger charge is -2.19. The molecule has 0 saturated carbocycles. The van der Waals surface area contributed by atoms with Crippen molar-refractivity contribution >= 4 is 17.5 Å². The van der Waals surface area contributed by atoms with Crippen LogP contribution in [0.2, 0.25) is 0 Å². The Bertz CT molecular complexity index is 592. The average molecular weight is 275 g/mol. The van der Waals surface area contributed by atoms with Gasteiger partial charge in [0, 0.05) is 25.2 Å². The van der Waals surface area contributed by atoms with E-state index in [0.29, 0.717) is 17.3 Å². The molecule has 1 N–H and O–H groups in total. The number of anilines is 2. The summed E-state index contributed by atoms with van der Waals surface area (Å²) in [6, 6.07) is 3.31. The van der Waals surface area contributed by atoms with Gasteiger partial charge in [-0.2, -0.15) is 0 Å².